The standard InChI is InChI=1S/C14H23N3O/c1-3-12(17-8-6-16-7-9-17)13-10(2)4-5-11(15)14(13)18/h4-5,12,16,18H,3,6-9,15H2,1-2H3/t12-/m0/s1. The van der Waals surface area contributed by atoms with E-state index in [4.69, 9.17) is 5.73 Å². The van der Waals surface area contributed by atoms with Crippen LogP contribution in [0, 0.1) is 6.92 Å². The van der Waals surface area contributed by atoms with Crippen LogP contribution in [0.25, 0.3) is 0 Å². The highest BCUT2D eigenvalue weighted by atomic mass is 16.3. The Morgan fingerprint density at radius 3 is 2.67 bits per heavy atom. The van der Waals surface area contributed by atoms with Crippen molar-refractivity contribution >= 4 is 5.69 Å². The molecule has 4 nitrogen and oxygen atoms in total. The number of hydrogen-bond acceptors (Lipinski definition) is 4. The maximum Gasteiger partial charge on any atom is 0.143 e. The lowest BCUT2D eigenvalue weighted by atomic mass is 9.95. The van der Waals surface area contributed by atoms with Crippen LogP contribution in [0.1, 0.15) is 30.5 Å². The van der Waals surface area contributed by atoms with Gasteiger partial charge in [0.1, 0.15) is 5.75 Å². The summed E-state index contributed by atoms with van der Waals surface area (Å²) < 4.78 is 0. The lowest BCUT2D eigenvalue weighted by molar-refractivity contribution is 0.166. The van der Waals surface area contributed by atoms with Gasteiger partial charge in [-0.1, -0.05) is 13.0 Å². The molecule has 0 unspecified atom stereocenters. The summed E-state index contributed by atoms with van der Waals surface area (Å²) >= 11 is 0. The van der Waals surface area contributed by atoms with Gasteiger partial charge in [0.2, 0.25) is 0 Å². The first-order valence-corrected chi connectivity index (χ1v) is 6.67. The normalized spacial score (nSPS) is 18.8. The minimum atomic E-state index is 0.260. The highest BCUT2D eigenvalue weighted by molar-refractivity contribution is 5.59. The Hall–Kier alpha value is -1.26. The van der Waals surface area contributed by atoms with Gasteiger partial charge in [0.25, 0.3) is 0 Å². The van der Waals surface area contributed by atoms with Gasteiger partial charge in [-0.2, -0.15) is 0 Å². The molecule has 0 spiro atoms. The number of nitrogen functional groups attached to an aromatic ring is 1. The zero-order chi connectivity index (χ0) is 13.1. The van der Waals surface area contributed by atoms with E-state index in [-0.39, 0.29) is 11.8 Å². The number of rotatable bonds is 3. The summed E-state index contributed by atoms with van der Waals surface area (Å²) in [5.74, 6) is 0.264. The molecule has 2 rings (SSSR count). The van der Waals surface area contributed by atoms with E-state index in [0.717, 1.165) is 43.7 Å². The molecule has 1 saturated heterocycles. The summed E-state index contributed by atoms with van der Waals surface area (Å²) in [6.07, 6.45) is 0.984. The number of piperazine rings is 1. The van der Waals surface area contributed by atoms with E-state index in [1.807, 2.05) is 13.0 Å². The lowest BCUT2D eigenvalue weighted by Gasteiger charge is -2.35. The number of phenolic OH excluding ortho intramolecular Hbond substituents is 1. The minimum absolute atomic E-state index is 0.260. The zero-order valence-electron chi connectivity index (χ0n) is 11.2. The Labute approximate surface area is 109 Å². The van der Waals surface area contributed by atoms with E-state index in [1.54, 1.807) is 6.07 Å². The van der Waals surface area contributed by atoms with Crippen LogP contribution in [0.4, 0.5) is 5.69 Å². The van der Waals surface area contributed by atoms with E-state index >= 15 is 0 Å². The molecular formula is C14H23N3O. The number of phenols is 1. The van der Waals surface area contributed by atoms with Crippen molar-refractivity contribution in [2.75, 3.05) is 31.9 Å². The fourth-order valence-corrected chi connectivity index (χ4v) is 2.79. The molecule has 0 aliphatic carbocycles. The van der Waals surface area contributed by atoms with Crippen LogP contribution in [0.2, 0.25) is 0 Å². The third kappa shape index (κ3) is 2.44. The predicted molar refractivity (Wildman–Crippen MR) is 74.7 cm³/mol. The second kappa shape index (κ2) is 5.59. The van der Waals surface area contributed by atoms with Gasteiger partial charge < -0.3 is 16.2 Å². The second-order valence-electron chi connectivity index (χ2n) is 4.94. The van der Waals surface area contributed by atoms with E-state index in [1.165, 1.54) is 0 Å². The van der Waals surface area contributed by atoms with Crippen LogP contribution in [-0.4, -0.2) is 36.2 Å². The average Bonchev–Trinajstić information content (AvgIpc) is 2.40. The lowest BCUT2D eigenvalue weighted by Crippen LogP contribution is -2.45. The van der Waals surface area contributed by atoms with Gasteiger partial charge in [-0.05, 0) is 25.0 Å². The molecule has 0 aromatic heterocycles. The predicted octanol–water partition coefficient (Wildman–Crippen LogP) is 1.64. The number of hydrogen-bond donors (Lipinski definition) is 3. The average molecular weight is 249 g/mol. The molecule has 4 N–H and O–H groups in total. The molecule has 1 heterocycles. The van der Waals surface area contributed by atoms with Crippen molar-refractivity contribution in [2.24, 2.45) is 0 Å². The van der Waals surface area contributed by atoms with Gasteiger partial charge in [-0.25, -0.2) is 0 Å². The van der Waals surface area contributed by atoms with Gasteiger partial charge in [0, 0.05) is 37.8 Å². The number of nitrogens with two attached hydrogens (primary N) is 1. The Morgan fingerprint density at radius 1 is 1.39 bits per heavy atom. The molecular weight excluding hydrogens is 226 g/mol. The fourth-order valence-electron chi connectivity index (χ4n) is 2.79. The number of aromatic hydroxyl groups is 1. The molecule has 1 aromatic rings. The molecule has 100 valence electrons. The topological polar surface area (TPSA) is 61.5 Å². The van der Waals surface area contributed by atoms with Crippen LogP contribution in [0.5, 0.6) is 5.75 Å². The molecule has 18 heavy (non-hydrogen) atoms. The minimum Gasteiger partial charge on any atom is -0.505 e. The number of nitrogens with zero attached hydrogens (tertiary/aromatic N) is 1. The van der Waals surface area contributed by atoms with Crippen molar-refractivity contribution in [2.45, 2.75) is 26.3 Å². The molecule has 4 heteroatoms. The Morgan fingerprint density at radius 2 is 2.06 bits per heavy atom. The summed E-state index contributed by atoms with van der Waals surface area (Å²) in [6, 6.07) is 4.03. The smallest absolute Gasteiger partial charge is 0.143 e. The van der Waals surface area contributed by atoms with Crippen LogP contribution in [-0.2, 0) is 0 Å². The molecule has 1 atom stereocenters. The van der Waals surface area contributed by atoms with Gasteiger partial charge in [0.05, 0.1) is 5.69 Å². The number of benzene rings is 1. The largest absolute Gasteiger partial charge is 0.505 e. The van der Waals surface area contributed by atoms with Crippen molar-refractivity contribution < 1.29 is 5.11 Å². The third-order valence-electron chi connectivity index (χ3n) is 3.78. The fraction of sp³-hybridized carbons (Fsp3) is 0.571. The van der Waals surface area contributed by atoms with E-state index in [2.05, 4.69) is 17.1 Å². The first-order valence-electron chi connectivity index (χ1n) is 6.67. The van der Waals surface area contributed by atoms with E-state index in [0.29, 0.717) is 5.69 Å². The number of aryl methyl sites for hydroxylation is 1. The number of anilines is 1. The molecule has 1 aromatic carbocycles. The summed E-state index contributed by atoms with van der Waals surface area (Å²) in [6.45, 7) is 8.27. The van der Waals surface area contributed by atoms with E-state index < -0.39 is 0 Å². The van der Waals surface area contributed by atoms with Gasteiger partial charge in [-0.15, -0.1) is 0 Å². The Kier molecular flexibility index (Phi) is 4.09. The molecule has 0 bridgehead atoms. The Balaban J connectivity index is 2.34. The first-order chi connectivity index (χ1) is 8.65. The monoisotopic (exact) mass is 249 g/mol. The number of nitrogens with one attached hydrogen (secondary N) is 1. The van der Waals surface area contributed by atoms with Crippen LogP contribution in [0.15, 0.2) is 12.1 Å². The molecule has 1 aliphatic rings. The van der Waals surface area contributed by atoms with Crippen LogP contribution < -0.4 is 11.1 Å². The molecule has 1 aliphatic heterocycles. The summed E-state index contributed by atoms with van der Waals surface area (Å²) in [5.41, 5.74) is 8.42. The van der Waals surface area contributed by atoms with Crippen LogP contribution >= 0.6 is 0 Å². The van der Waals surface area contributed by atoms with Crippen molar-refractivity contribution in [3.8, 4) is 5.75 Å². The first kappa shape index (κ1) is 13.2. The maximum absolute atomic E-state index is 10.2. The Bertz CT molecular complexity index is 414. The van der Waals surface area contributed by atoms with Crippen molar-refractivity contribution in [3.63, 3.8) is 0 Å². The molecule has 1 fully saturated rings. The maximum atomic E-state index is 10.2. The van der Waals surface area contributed by atoms with Crippen molar-refractivity contribution in [1.29, 1.82) is 0 Å². The SMILES string of the molecule is CC[C@@H](c1c(C)ccc(N)c1O)N1CCNCC1. The summed E-state index contributed by atoms with van der Waals surface area (Å²) in [4.78, 5) is 2.43. The molecule has 0 saturated carbocycles. The van der Waals surface area contributed by atoms with Crippen molar-refractivity contribution in [1.82, 2.24) is 10.2 Å². The second-order valence-corrected chi connectivity index (χ2v) is 4.94. The highest BCUT2D eigenvalue weighted by Crippen LogP contribution is 2.37. The van der Waals surface area contributed by atoms with Crippen molar-refractivity contribution in [3.05, 3.63) is 23.3 Å². The van der Waals surface area contributed by atoms with Gasteiger partial charge in [-0.3, -0.25) is 4.90 Å². The highest BCUT2D eigenvalue weighted by Gasteiger charge is 2.25. The van der Waals surface area contributed by atoms with E-state index in [9.17, 15) is 5.11 Å². The summed E-state index contributed by atoms with van der Waals surface area (Å²) in [5, 5.41) is 13.6. The summed E-state index contributed by atoms with van der Waals surface area (Å²) in [7, 11) is 0. The zero-order valence-corrected chi connectivity index (χ0v) is 11.2. The van der Waals surface area contributed by atoms with Gasteiger partial charge in [0.15, 0.2) is 0 Å². The molecule has 0 amide bonds. The van der Waals surface area contributed by atoms with Crippen LogP contribution in [0.3, 0.4) is 0 Å². The third-order valence-corrected chi connectivity index (χ3v) is 3.78. The van der Waals surface area contributed by atoms with Gasteiger partial charge >= 0.3 is 0 Å². The quantitative estimate of drug-likeness (QED) is 0.563. The molecule has 0 radical (unpaired) electrons.